The summed E-state index contributed by atoms with van der Waals surface area (Å²) in [6.07, 6.45) is 1.54. The molecule has 0 bridgehead atoms. The van der Waals surface area contributed by atoms with E-state index in [1.54, 1.807) is 0 Å². The van der Waals surface area contributed by atoms with Gasteiger partial charge in [-0.1, -0.05) is 15.9 Å². The van der Waals surface area contributed by atoms with E-state index in [1.165, 1.54) is 6.33 Å². The summed E-state index contributed by atoms with van der Waals surface area (Å²) in [5, 5.41) is 11.2. The Labute approximate surface area is 112 Å². The minimum absolute atomic E-state index is 0.746. The van der Waals surface area contributed by atoms with Crippen LogP contribution in [0.3, 0.4) is 0 Å². The Balaban J connectivity index is 2.06. The number of halogens is 1. The van der Waals surface area contributed by atoms with Crippen LogP contribution in [-0.2, 0) is 0 Å². The van der Waals surface area contributed by atoms with Gasteiger partial charge >= 0.3 is 0 Å². The van der Waals surface area contributed by atoms with Crippen LogP contribution in [0.25, 0.3) is 10.9 Å². The molecule has 90 valence electrons. The summed E-state index contributed by atoms with van der Waals surface area (Å²) in [7, 11) is 0. The molecule has 0 unspecified atom stereocenters. The van der Waals surface area contributed by atoms with Crippen molar-refractivity contribution >= 4 is 38.5 Å². The maximum atomic E-state index is 4.25. The predicted octanol–water partition coefficient (Wildman–Crippen LogP) is 3.17. The summed E-state index contributed by atoms with van der Waals surface area (Å²) in [5.41, 5.74) is 1.88. The van der Waals surface area contributed by atoms with Crippen molar-refractivity contribution in [2.75, 3.05) is 5.32 Å². The molecule has 2 N–H and O–H groups in total. The minimum Gasteiger partial charge on any atom is -0.323 e. The van der Waals surface area contributed by atoms with Gasteiger partial charge in [-0.05, 0) is 25.1 Å². The summed E-state index contributed by atoms with van der Waals surface area (Å²) in [6, 6.07) is 7.82. The number of aryl methyl sites for hydroxylation is 1. The third kappa shape index (κ3) is 2.06. The molecule has 0 saturated heterocycles. The molecule has 0 aliphatic rings. The second-order valence-corrected chi connectivity index (χ2v) is 4.86. The van der Waals surface area contributed by atoms with Crippen LogP contribution in [0, 0.1) is 6.92 Å². The van der Waals surface area contributed by atoms with Crippen LogP contribution in [0.1, 0.15) is 5.69 Å². The standard InChI is InChI=1S/C12H10BrN5/c1-7-4-11(18-17-7)16-12-9-3-2-8(13)5-10(9)14-6-15-12/h2-6H,1H3,(H2,14,15,16,17,18). The molecule has 0 saturated carbocycles. The fourth-order valence-electron chi connectivity index (χ4n) is 1.73. The normalized spacial score (nSPS) is 10.8. The van der Waals surface area contributed by atoms with Crippen LogP contribution in [0.2, 0.25) is 0 Å². The molecule has 3 aromatic rings. The summed E-state index contributed by atoms with van der Waals surface area (Å²) in [5.74, 6) is 1.49. The number of fused-ring (bicyclic) bond motifs is 1. The zero-order valence-corrected chi connectivity index (χ0v) is 11.2. The molecule has 0 spiro atoms. The van der Waals surface area contributed by atoms with Crippen molar-refractivity contribution in [3.63, 3.8) is 0 Å². The lowest BCUT2D eigenvalue weighted by Gasteiger charge is -2.05. The largest absolute Gasteiger partial charge is 0.323 e. The predicted molar refractivity (Wildman–Crippen MR) is 73.8 cm³/mol. The molecule has 0 amide bonds. The molecule has 6 heteroatoms. The smallest absolute Gasteiger partial charge is 0.153 e. The van der Waals surface area contributed by atoms with E-state index in [2.05, 4.69) is 41.4 Å². The maximum absolute atomic E-state index is 4.25. The first-order valence-corrected chi connectivity index (χ1v) is 6.21. The van der Waals surface area contributed by atoms with E-state index in [-0.39, 0.29) is 0 Å². The quantitative estimate of drug-likeness (QED) is 0.763. The van der Waals surface area contributed by atoms with Crippen LogP contribution in [-0.4, -0.2) is 20.2 Å². The molecule has 1 aromatic carbocycles. The number of aromatic amines is 1. The van der Waals surface area contributed by atoms with Crippen LogP contribution in [0.15, 0.2) is 35.1 Å². The minimum atomic E-state index is 0.746. The van der Waals surface area contributed by atoms with Gasteiger partial charge in [-0.25, -0.2) is 9.97 Å². The summed E-state index contributed by atoms with van der Waals surface area (Å²) >= 11 is 3.43. The molecule has 3 rings (SSSR count). The van der Waals surface area contributed by atoms with Crippen molar-refractivity contribution < 1.29 is 0 Å². The third-order valence-corrected chi connectivity index (χ3v) is 3.04. The summed E-state index contributed by atoms with van der Waals surface area (Å²) in [4.78, 5) is 8.49. The molecular formula is C12H10BrN5. The number of anilines is 2. The van der Waals surface area contributed by atoms with E-state index in [4.69, 9.17) is 0 Å². The number of rotatable bonds is 2. The van der Waals surface area contributed by atoms with E-state index in [0.717, 1.165) is 32.7 Å². The lowest BCUT2D eigenvalue weighted by Crippen LogP contribution is -1.96. The van der Waals surface area contributed by atoms with E-state index < -0.39 is 0 Å². The number of H-pyrrole nitrogens is 1. The maximum Gasteiger partial charge on any atom is 0.153 e. The molecule has 2 aromatic heterocycles. The molecule has 2 heterocycles. The van der Waals surface area contributed by atoms with Crippen molar-refractivity contribution in [2.24, 2.45) is 0 Å². The average Bonchev–Trinajstić information content (AvgIpc) is 2.75. The van der Waals surface area contributed by atoms with E-state index >= 15 is 0 Å². The van der Waals surface area contributed by atoms with Crippen molar-refractivity contribution in [2.45, 2.75) is 6.92 Å². The highest BCUT2D eigenvalue weighted by atomic mass is 79.9. The highest BCUT2D eigenvalue weighted by Crippen LogP contribution is 2.24. The molecule has 5 nitrogen and oxygen atoms in total. The van der Waals surface area contributed by atoms with Crippen LogP contribution < -0.4 is 5.32 Å². The zero-order chi connectivity index (χ0) is 12.5. The van der Waals surface area contributed by atoms with Crippen LogP contribution in [0.4, 0.5) is 11.6 Å². The second-order valence-electron chi connectivity index (χ2n) is 3.94. The first-order valence-electron chi connectivity index (χ1n) is 5.42. The van der Waals surface area contributed by atoms with Gasteiger partial charge in [0.2, 0.25) is 0 Å². The summed E-state index contributed by atoms with van der Waals surface area (Å²) in [6.45, 7) is 1.95. The Morgan fingerprint density at radius 2 is 2.11 bits per heavy atom. The lowest BCUT2D eigenvalue weighted by atomic mass is 10.2. The highest BCUT2D eigenvalue weighted by molar-refractivity contribution is 9.10. The molecule has 0 fully saturated rings. The Morgan fingerprint density at radius 3 is 2.89 bits per heavy atom. The first-order chi connectivity index (χ1) is 8.72. The van der Waals surface area contributed by atoms with Gasteiger partial charge in [0.25, 0.3) is 0 Å². The zero-order valence-electron chi connectivity index (χ0n) is 9.61. The van der Waals surface area contributed by atoms with E-state index in [9.17, 15) is 0 Å². The number of nitrogens with zero attached hydrogens (tertiary/aromatic N) is 3. The Kier molecular flexibility index (Phi) is 2.71. The van der Waals surface area contributed by atoms with E-state index in [1.807, 2.05) is 31.2 Å². The average molecular weight is 304 g/mol. The molecule has 0 aliphatic carbocycles. The Morgan fingerprint density at radius 1 is 1.22 bits per heavy atom. The number of benzene rings is 1. The van der Waals surface area contributed by atoms with Crippen molar-refractivity contribution in [3.05, 3.63) is 40.8 Å². The number of nitrogens with one attached hydrogen (secondary N) is 2. The van der Waals surface area contributed by atoms with Gasteiger partial charge in [-0.2, -0.15) is 5.10 Å². The lowest BCUT2D eigenvalue weighted by molar-refractivity contribution is 1.05. The topological polar surface area (TPSA) is 66.5 Å². The van der Waals surface area contributed by atoms with Crippen molar-refractivity contribution in [1.29, 1.82) is 0 Å². The van der Waals surface area contributed by atoms with Gasteiger partial charge in [0.1, 0.15) is 12.1 Å². The highest BCUT2D eigenvalue weighted by Gasteiger charge is 2.05. The van der Waals surface area contributed by atoms with E-state index in [0.29, 0.717) is 0 Å². The van der Waals surface area contributed by atoms with Crippen LogP contribution >= 0.6 is 15.9 Å². The first kappa shape index (κ1) is 11.2. The fraction of sp³-hybridized carbons (Fsp3) is 0.0833. The van der Waals surface area contributed by atoms with Gasteiger partial charge in [0.15, 0.2) is 5.82 Å². The monoisotopic (exact) mass is 303 g/mol. The Hall–Kier alpha value is -1.95. The van der Waals surface area contributed by atoms with Gasteiger partial charge in [-0.3, -0.25) is 5.10 Å². The number of hydrogen-bond donors (Lipinski definition) is 2. The number of aromatic nitrogens is 4. The van der Waals surface area contributed by atoms with Gasteiger partial charge in [0.05, 0.1) is 5.52 Å². The molecule has 0 aliphatic heterocycles. The summed E-state index contributed by atoms with van der Waals surface area (Å²) < 4.78 is 0.996. The van der Waals surface area contributed by atoms with Gasteiger partial charge < -0.3 is 5.32 Å². The molecular weight excluding hydrogens is 294 g/mol. The Bertz CT molecular complexity index is 707. The molecule has 18 heavy (non-hydrogen) atoms. The second kappa shape index (κ2) is 4.38. The van der Waals surface area contributed by atoms with Crippen molar-refractivity contribution in [1.82, 2.24) is 20.2 Å². The third-order valence-electron chi connectivity index (χ3n) is 2.55. The fourth-order valence-corrected chi connectivity index (χ4v) is 2.08. The molecule has 0 atom stereocenters. The van der Waals surface area contributed by atoms with Gasteiger partial charge in [0, 0.05) is 21.6 Å². The molecule has 0 radical (unpaired) electrons. The van der Waals surface area contributed by atoms with Crippen molar-refractivity contribution in [3.8, 4) is 0 Å². The van der Waals surface area contributed by atoms with Gasteiger partial charge in [-0.15, -0.1) is 0 Å². The van der Waals surface area contributed by atoms with Crippen LogP contribution in [0.5, 0.6) is 0 Å². The number of hydrogen-bond acceptors (Lipinski definition) is 4. The SMILES string of the molecule is Cc1cc(Nc2ncnc3cc(Br)ccc23)n[nH]1.